The molecule has 118 valence electrons. The molecule has 5 heteroatoms. The maximum Gasteiger partial charge on any atom is 0.140 e. The minimum Gasteiger partial charge on any atom is -0.393 e. The van der Waals surface area contributed by atoms with Gasteiger partial charge in [-0.2, -0.15) is 5.26 Å². The third-order valence-corrected chi connectivity index (χ3v) is 4.84. The Kier molecular flexibility index (Phi) is 4.72. The zero-order valence-corrected chi connectivity index (χ0v) is 12.5. The topological polar surface area (TPSA) is 56.5 Å². The molecule has 0 amide bonds. The number of hydrogen-bond donors (Lipinski definition) is 1. The summed E-state index contributed by atoms with van der Waals surface area (Å²) >= 11 is 0. The summed E-state index contributed by atoms with van der Waals surface area (Å²) < 4.78 is 19.0. The van der Waals surface area contributed by atoms with Crippen LogP contribution in [0.3, 0.4) is 0 Å². The van der Waals surface area contributed by atoms with Crippen LogP contribution in [0.15, 0.2) is 18.2 Å². The van der Waals surface area contributed by atoms with E-state index in [-0.39, 0.29) is 23.6 Å². The predicted molar refractivity (Wildman–Crippen MR) is 79.5 cm³/mol. The Morgan fingerprint density at radius 1 is 1.41 bits per heavy atom. The van der Waals surface area contributed by atoms with Crippen molar-refractivity contribution in [3.8, 4) is 6.07 Å². The van der Waals surface area contributed by atoms with Crippen LogP contribution in [0.25, 0.3) is 0 Å². The van der Waals surface area contributed by atoms with Crippen molar-refractivity contribution >= 4 is 0 Å². The highest BCUT2D eigenvalue weighted by atomic mass is 19.1. The fourth-order valence-electron chi connectivity index (χ4n) is 3.66. The minimum absolute atomic E-state index is 0.0863. The van der Waals surface area contributed by atoms with Crippen LogP contribution >= 0.6 is 0 Å². The van der Waals surface area contributed by atoms with Crippen molar-refractivity contribution in [2.24, 2.45) is 5.92 Å². The highest BCUT2D eigenvalue weighted by Crippen LogP contribution is 2.32. The van der Waals surface area contributed by atoms with E-state index >= 15 is 0 Å². The number of aliphatic hydroxyl groups excluding tert-OH is 1. The highest BCUT2D eigenvalue weighted by molar-refractivity contribution is 5.34. The molecule has 1 saturated carbocycles. The average molecular weight is 304 g/mol. The number of nitrogens with zero attached hydrogens (tertiary/aromatic N) is 2. The monoisotopic (exact) mass is 304 g/mol. The molecule has 1 aromatic carbocycles. The van der Waals surface area contributed by atoms with Gasteiger partial charge in [-0.1, -0.05) is 12.5 Å². The smallest absolute Gasteiger partial charge is 0.140 e. The van der Waals surface area contributed by atoms with E-state index in [1.807, 2.05) is 6.07 Å². The van der Waals surface area contributed by atoms with Crippen LogP contribution in [0.4, 0.5) is 4.39 Å². The van der Waals surface area contributed by atoms with E-state index in [9.17, 15) is 9.50 Å². The van der Waals surface area contributed by atoms with Gasteiger partial charge in [0.2, 0.25) is 0 Å². The summed E-state index contributed by atoms with van der Waals surface area (Å²) in [6.07, 6.45) is 2.70. The van der Waals surface area contributed by atoms with Gasteiger partial charge in [-0.3, -0.25) is 4.90 Å². The standard InChI is InChI=1S/C17H21FN2O2/c18-15-5-4-12(8-13(15)9-19)10-20-6-7-22-11-16(20)14-2-1-3-17(14)21/h4-5,8,14,16-17,21H,1-3,6-7,10-11H2/t14-,16-,17-/m1/s1. The Hall–Kier alpha value is -1.48. The number of ether oxygens (including phenoxy) is 1. The predicted octanol–water partition coefficient (Wildman–Crippen LogP) is 2.06. The van der Waals surface area contributed by atoms with Crippen molar-refractivity contribution in [1.29, 1.82) is 5.26 Å². The lowest BCUT2D eigenvalue weighted by atomic mass is 9.94. The lowest BCUT2D eigenvalue weighted by Crippen LogP contribution is -2.50. The summed E-state index contributed by atoms with van der Waals surface area (Å²) in [6, 6.07) is 6.79. The molecule has 2 fully saturated rings. The minimum atomic E-state index is -0.476. The van der Waals surface area contributed by atoms with Gasteiger partial charge in [0.05, 0.1) is 24.9 Å². The summed E-state index contributed by atoms with van der Waals surface area (Å²) in [7, 11) is 0. The number of nitriles is 1. The maximum atomic E-state index is 13.4. The molecule has 1 heterocycles. The number of halogens is 1. The van der Waals surface area contributed by atoms with Gasteiger partial charge < -0.3 is 9.84 Å². The average Bonchev–Trinajstić information content (AvgIpc) is 2.96. The molecule has 0 radical (unpaired) electrons. The molecule has 4 nitrogen and oxygen atoms in total. The zero-order valence-electron chi connectivity index (χ0n) is 12.5. The molecule has 3 rings (SSSR count). The number of morpholine rings is 1. The summed E-state index contributed by atoms with van der Waals surface area (Å²) in [6.45, 7) is 2.76. The van der Waals surface area contributed by atoms with E-state index in [0.717, 1.165) is 31.4 Å². The van der Waals surface area contributed by atoms with Crippen molar-refractivity contribution in [3.05, 3.63) is 35.1 Å². The lowest BCUT2D eigenvalue weighted by molar-refractivity contribution is -0.0536. The van der Waals surface area contributed by atoms with E-state index in [4.69, 9.17) is 10.00 Å². The second kappa shape index (κ2) is 6.74. The molecule has 0 unspecified atom stereocenters. The molecule has 1 aromatic rings. The third kappa shape index (κ3) is 3.14. The first-order valence-corrected chi connectivity index (χ1v) is 7.87. The molecule has 0 spiro atoms. The zero-order chi connectivity index (χ0) is 15.5. The van der Waals surface area contributed by atoms with Gasteiger partial charge in [-0.05, 0) is 30.5 Å². The molecule has 3 atom stereocenters. The van der Waals surface area contributed by atoms with Crippen molar-refractivity contribution < 1.29 is 14.2 Å². The van der Waals surface area contributed by atoms with E-state index in [2.05, 4.69) is 4.90 Å². The first-order chi connectivity index (χ1) is 10.7. The Balaban J connectivity index is 1.75. The second-order valence-electron chi connectivity index (χ2n) is 6.20. The van der Waals surface area contributed by atoms with Crippen LogP contribution in [0.1, 0.15) is 30.4 Å². The fourth-order valence-corrected chi connectivity index (χ4v) is 3.66. The van der Waals surface area contributed by atoms with Gasteiger partial charge >= 0.3 is 0 Å². The molecule has 1 N–H and O–H groups in total. The normalized spacial score (nSPS) is 29.4. The van der Waals surface area contributed by atoms with Gasteiger partial charge in [0.25, 0.3) is 0 Å². The van der Waals surface area contributed by atoms with Crippen LogP contribution < -0.4 is 0 Å². The van der Waals surface area contributed by atoms with Crippen molar-refractivity contribution in [2.45, 2.75) is 38.0 Å². The van der Waals surface area contributed by atoms with E-state index < -0.39 is 5.82 Å². The van der Waals surface area contributed by atoms with E-state index in [1.54, 1.807) is 12.1 Å². The Bertz CT molecular complexity index is 572. The van der Waals surface area contributed by atoms with Gasteiger partial charge in [0.15, 0.2) is 0 Å². The van der Waals surface area contributed by atoms with Gasteiger partial charge in [-0.25, -0.2) is 4.39 Å². The van der Waals surface area contributed by atoms with Crippen LogP contribution in [-0.4, -0.2) is 41.9 Å². The van der Waals surface area contributed by atoms with Gasteiger partial charge in [-0.15, -0.1) is 0 Å². The quantitative estimate of drug-likeness (QED) is 0.928. The summed E-state index contributed by atoms with van der Waals surface area (Å²) in [5.74, 6) is -0.229. The third-order valence-electron chi connectivity index (χ3n) is 4.84. The largest absolute Gasteiger partial charge is 0.393 e. The van der Waals surface area contributed by atoms with E-state index in [0.29, 0.717) is 19.8 Å². The fraction of sp³-hybridized carbons (Fsp3) is 0.588. The molecular weight excluding hydrogens is 283 g/mol. The number of hydrogen-bond acceptors (Lipinski definition) is 4. The van der Waals surface area contributed by atoms with Crippen molar-refractivity contribution in [2.75, 3.05) is 19.8 Å². The highest BCUT2D eigenvalue weighted by Gasteiger charge is 2.37. The molecule has 1 aliphatic heterocycles. The van der Waals surface area contributed by atoms with Crippen molar-refractivity contribution in [3.63, 3.8) is 0 Å². The molecule has 1 aliphatic carbocycles. The number of benzene rings is 1. The molecule has 2 aliphatic rings. The number of aliphatic hydroxyl groups is 1. The summed E-state index contributed by atoms with van der Waals surface area (Å²) in [4.78, 5) is 2.30. The van der Waals surface area contributed by atoms with Gasteiger partial charge in [0.1, 0.15) is 11.9 Å². The maximum absolute atomic E-state index is 13.4. The second-order valence-corrected chi connectivity index (χ2v) is 6.20. The van der Waals surface area contributed by atoms with Crippen LogP contribution in [0.2, 0.25) is 0 Å². The Labute approximate surface area is 130 Å². The molecule has 0 aromatic heterocycles. The van der Waals surface area contributed by atoms with Crippen LogP contribution in [-0.2, 0) is 11.3 Å². The molecular formula is C17H21FN2O2. The number of rotatable bonds is 3. The van der Waals surface area contributed by atoms with Crippen LogP contribution in [0, 0.1) is 23.1 Å². The first kappa shape index (κ1) is 15.4. The Morgan fingerprint density at radius 3 is 3.00 bits per heavy atom. The first-order valence-electron chi connectivity index (χ1n) is 7.87. The molecule has 22 heavy (non-hydrogen) atoms. The van der Waals surface area contributed by atoms with Gasteiger partial charge in [0, 0.05) is 25.0 Å². The summed E-state index contributed by atoms with van der Waals surface area (Å²) in [5.41, 5.74) is 1.01. The lowest BCUT2D eigenvalue weighted by Gasteiger charge is -2.40. The van der Waals surface area contributed by atoms with E-state index in [1.165, 1.54) is 6.07 Å². The van der Waals surface area contributed by atoms with Crippen LogP contribution in [0.5, 0.6) is 0 Å². The SMILES string of the molecule is N#Cc1cc(CN2CCOC[C@@H]2[C@H]2CCC[C@H]2O)ccc1F. The Morgan fingerprint density at radius 2 is 2.27 bits per heavy atom. The summed E-state index contributed by atoms with van der Waals surface area (Å²) in [5, 5.41) is 19.1. The molecule has 1 saturated heterocycles. The van der Waals surface area contributed by atoms with Crippen molar-refractivity contribution in [1.82, 2.24) is 4.90 Å². The molecule has 0 bridgehead atoms.